The molecular formula is C44H29N3O2. The molecule has 0 saturated carbocycles. The largest absolute Gasteiger partial charge is 0.450 e. The molecule has 8 aromatic rings. The van der Waals surface area contributed by atoms with Gasteiger partial charge in [-0.05, 0) is 80.2 Å². The number of nitrogens with zero attached hydrogens (tertiary/aromatic N) is 3. The molecule has 0 radical (unpaired) electrons. The fourth-order valence-corrected chi connectivity index (χ4v) is 7.42. The van der Waals surface area contributed by atoms with Crippen molar-refractivity contribution in [2.24, 2.45) is 0 Å². The van der Waals surface area contributed by atoms with Crippen molar-refractivity contribution in [2.45, 2.75) is 19.3 Å². The summed E-state index contributed by atoms with van der Waals surface area (Å²) in [7, 11) is 0. The predicted molar refractivity (Wildman–Crippen MR) is 195 cm³/mol. The predicted octanol–water partition coefficient (Wildman–Crippen LogP) is 11.4. The fraction of sp³-hybridized carbons (Fsp3) is 0.0682. The molecule has 0 amide bonds. The number of ether oxygens (including phenoxy) is 2. The molecule has 0 unspecified atom stereocenters. The maximum atomic E-state index is 6.56. The first kappa shape index (κ1) is 27.8. The molecule has 232 valence electrons. The highest BCUT2D eigenvalue weighted by Crippen LogP contribution is 2.55. The van der Waals surface area contributed by atoms with Gasteiger partial charge in [-0.25, -0.2) is 15.0 Å². The monoisotopic (exact) mass is 631 g/mol. The van der Waals surface area contributed by atoms with Gasteiger partial charge in [-0.2, -0.15) is 0 Å². The van der Waals surface area contributed by atoms with Gasteiger partial charge in [0.25, 0.3) is 0 Å². The van der Waals surface area contributed by atoms with Gasteiger partial charge < -0.3 is 9.47 Å². The average molecular weight is 632 g/mol. The second-order valence-corrected chi connectivity index (χ2v) is 13.3. The summed E-state index contributed by atoms with van der Waals surface area (Å²) < 4.78 is 13.0. The third-order valence-corrected chi connectivity index (χ3v) is 9.96. The van der Waals surface area contributed by atoms with Gasteiger partial charge in [-0.1, -0.05) is 117 Å². The smallest absolute Gasteiger partial charge is 0.170 e. The number of hydrogen-bond acceptors (Lipinski definition) is 5. The summed E-state index contributed by atoms with van der Waals surface area (Å²) in [6.45, 7) is 4.53. The van der Waals surface area contributed by atoms with Gasteiger partial charge >= 0.3 is 0 Å². The topological polar surface area (TPSA) is 57.1 Å². The summed E-state index contributed by atoms with van der Waals surface area (Å²) >= 11 is 0. The first-order valence-electron chi connectivity index (χ1n) is 16.5. The van der Waals surface area contributed by atoms with E-state index in [0.717, 1.165) is 27.8 Å². The summed E-state index contributed by atoms with van der Waals surface area (Å²) in [6, 6.07) is 48.0. The Balaban J connectivity index is 1.07. The molecule has 2 heterocycles. The summed E-state index contributed by atoms with van der Waals surface area (Å²) in [6.07, 6.45) is 0. The van der Waals surface area contributed by atoms with Crippen molar-refractivity contribution in [2.75, 3.05) is 0 Å². The van der Waals surface area contributed by atoms with Crippen LogP contribution in [-0.2, 0) is 5.41 Å². The zero-order valence-corrected chi connectivity index (χ0v) is 26.9. The Morgan fingerprint density at radius 1 is 0.408 bits per heavy atom. The molecule has 1 aliphatic heterocycles. The Labute approximate surface area is 283 Å². The van der Waals surface area contributed by atoms with Crippen LogP contribution in [0.3, 0.4) is 0 Å². The van der Waals surface area contributed by atoms with Crippen molar-refractivity contribution < 1.29 is 9.47 Å². The van der Waals surface area contributed by atoms with Crippen LogP contribution < -0.4 is 9.47 Å². The standard InChI is InChI=1S/C44H29N3O2/c1-44(2)35-15-9-8-14-33(35)34-24-39-40(25-36(34)44)48-37-21-19-30(23-38(37)49-39)43-46-41(27-11-4-3-5-12-27)45-42(47-43)29-18-20-32-28(22-29)17-16-26-10-6-7-13-31(26)32/h3-25H,1-2H3. The van der Waals surface area contributed by atoms with E-state index in [1.54, 1.807) is 0 Å². The molecule has 10 rings (SSSR count). The van der Waals surface area contributed by atoms with Gasteiger partial charge in [0, 0.05) is 22.1 Å². The summed E-state index contributed by atoms with van der Waals surface area (Å²) in [5.41, 5.74) is 7.50. The second kappa shape index (κ2) is 10.3. The van der Waals surface area contributed by atoms with E-state index in [-0.39, 0.29) is 5.41 Å². The fourth-order valence-electron chi connectivity index (χ4n) is 7.42. The molecule has 0 spiro atoms. The van der Waals surface area contributed by atoms with Crippen molar-refractivity contribution in [1.29, 1.82) is 0 Å². The zero-order valence-electron chi connectivity index (χ0n) is 26.9. The second-order valence-electron chi connectivity index (χ2n) is 13.3. The molecule has 1 aliphatic carbocycles. The lowest BCUT2D eigenvalue weighted by Gasteiger charge is -2.25. The zero-order chi connectivity index (χ0) is 32.7. The van der Waals surface area contributed by atoms with Gasteiger partial charge in [0.15, 0.2) is 40.5 Å². The number of rotatable bonds is 3. The minimum Gasteiger partial charge on any atom is -0.450 e. The molecule has 5 nitrogen and oxygen atoms in total. The first-order valence-corrected chi connectivity index (χ1v) is 16.5. The van der Waals surface area contributed by atoms with Crippen LogP contribution in [-0.4, -0.2) is 15.0 Å². The highest BCUT2D eigenvalue weighted by molar-refractivity contribution is 6.08. The molecule has 0 N–H and O–H groups in total. The van der Waals surface area contributed by atoms with Crippen LogP contribution in [0.2, 0.25) is 0 Å². The Kier molecular flexibility index (Phi) is 5.85. The molecule has 7 aromatic carbocycles. The van der Waals surface area contributed by atoms with E-state index in [0.29, 0.717) is 34.7 Å². The quantitative estimate of drug-likeness (QED) is 0.182. The van der Waals surface area contributed by atoms with Crippen molar-refractivity contribution in [3.05, 3.63) is 151 Å². The molecule has 2 aliphatic rings. The van der Waals surface area contributed by atoms with Crippen LogP contribution in [0.5, 0.6) is 23.0 Å². The van der Waals surface area contributed by atoms with Gasteiger partial charge in [-0.3, -0.25) is 0 Å². The molecule has 5 heteroatoms. The van der Waals surface area contributed by atoms with E-state index in [2.05, 4.69) is 105 Å². The summed E-state index contributed by atoms with van der Waals surface area (Å²) in [5.74, 6) is 4.47. The Morgan fingerprint density at radius 2 is 1.02 bits per heavy atom. The molecule has 49 heavy (non-hydrogen) atoms. The molecule has 0 atom stereocenters. The maximum absolute atomic E-state index is 6.56. The van der Waals surface area contributed by atoms with Crippen molar-refractivity contribution in [3.8, 4) is 68.3 Å². The molecule has 0 bridgehead atoms. The van der Waals surface area contributed by atoms with Crippen molar-refractivity contribution >= 4 is 21.5 Å². The van der Waals surface area contributed by atoms with Crippen LogP contribution in [0.4, 0.5) is 0 Å². The van der Waals surface area contributed by atoms with Gasteiger partial charge in [0.05, 0.1) is 0 Å². The van der Waals surface area contributed by atoms with Crippen LogP contribution in [0.15, 0.2) is 140 Å². The third kappa shape index (κ3) is 4.36. The summed E-state index contributed by atoms with van der Waals surface area (Å²) in [4.78, 5) is 15.0. The van der Waals surface area contributed by atoms with E-state index in [4.69, 9.17) is 24.4 Å². The molecular weight excluding hydrogens is 603 g/mol. The Morgan fingerprint density at radius 3 is 1.88 bits per heavy atom. The van der Waals surface area contributed by atoms with E-state index in [1.165, 1.54) is 38.4 Å². The number of aromatic nitrogens is 3. The normalized spacial score (nSPS) is 13.6. The van der Waals surface area contributed by atoms with E-state index in [1.807, 2.05) is 48.5 Å². The van der Waals surface area contributed by atoms with Crippen LogP contribution in [0.25, 0.3) is 66.8 Å². The minimum atomic E-state index is -0.125. The number of fused-ring (bicyclic) bond motifs is 8. The number of benzene rings is 7. The summed E-state index contributed by atoms with van der Waals surface area (Å²) in [5, 5.41) is 4.78. The SMILES string of the molecule is CC1(C)c2ccccc2-c2cc3c(cc21)Oc1ccc(-c2nc(-c4ccccc4)nc(-c4ccc5c(ccc6ccccc65)c4)n2)cc1O3. The highest BCUT2D eigenvalue weighted by atomic mass is 16.6. The lowest BCUT2D eigenvalue weighted by molar-refractivity contribution is 0.359. The van der Waals surface area contributed by atoms with Crippen LogP contribution in [0.1, 0.15) is 25.0 Å². The average Bonchev–Trinajstić information content (AvgIpc) is 3.37. The van der Waals surface area contributed by atoms with Crippen LogP contribution >= 0.6 is 0 Å². The van der Waals surface area contributed by atoms with Crippen molar-refractivity contribution in [1.82, 2.24) is 15.0 Å². The highest BCUT2D eigenvalue weighted by Gasteiger charge is 2.37. The molecule has 0 saturated heterocycles. The third-order valence-electron chi connectivity index (χ3n) is 9.96. The van der Waals surface area contributed by atoms with Gasteiger partial charge in [-0.15, -0.1) is 0 Å². The van der Waals surface area contributed by atoms with E-state index >= 15 is 0 Å². The molecule has 0 fully saturated rings. The van der Waals surface area contributed by atoms with Gasteiger partial charge in [0.1, 0.15) is 0 Å². The molecule has 1 aromatic heterocycles. The number of hydrogen-bond donors (Lipinski definition) is 0. The van der Waals surface area contributed by atoms with Crippen LogP contribution in [0, 0.1) is 0 Å². The maximum Gasteiger partial charge on any atom is 0.170 e. The van der Waals surface area contributed by atoms with Gasteiger partial charge in [0.2, 0.25) is 0 Å². The van der Waals surface area contributed by atoms with Crippen molar-refractivity contribution in [3.63, 3.8) is 0 Å². The Bertz CT molecular complexity index is 2650. The van der Waals surface area contributed by atoms with E-state index in [9.17, 15) is 0 Å². The minimum absolute atomic E-state index is 0.125. The lowest BCUT2D eigenvalue weighted by atomic mass is 9.82. The van der Waals surface area contributed by atoms with E-state index < -0.39 is 0 Å². The first-order chi connectivity index (χ1) is 24.0. The lowest BCUT2D eigenvalue weighted by Crippen LogP contribution is -2.15. The Hall–Kier alpha value is -6.33.